The molecular weight excluding hydrogens is 502 g/mol. The van der Waals surface area contributed by atoms with Gasteiger partial charge in [-0.25, -0.2) is 23.7 Å². The highest BCUT2D eigenvalue weighted by Crippen LogP contribution is 2.38. The second kappa shape index (κ2) is 10.9. The lowest BCUT2D eigenvalue weighted by Crippen LogP contribution is -2.36. The molecule has 0 saturated carbocycles. The number of halogens is 3. The highest BCUT2D eigenvalue weighted by Gasteiger charge is 2.23. The average molecular weight is 527 g/mol. The van der Waals surface area contributed by atoms with Crippen LogP contribution in [0.1, 0.15) is 24.5 Å². The van der Waals surface area contributed by atoms with Gasteiger partial charge in [-0.05, 0) is 36.3 Å². The van der Waals surface area contributed by atoms with Crippen molar-refractivity contribution >= 4 is 34.1 Å². The topological polar surface area (TPSA) is 80.1 Å². The zero-order valence-corrected chi connectivity index (χ0v) is 20.9. The van der Waals surface area contributed by atoms with Gasteiger partial charge in [0.1, 0.15) is 24.1 Å². The number of nitrogens with zero attached hydrogens (tertiary/aromatic N) is 4. The van der Waals surface area contributed by atoms with Gasteiger partial charge in [-0.2, -0.15) is 0 Å². The summed E-state index contributed by atoms with van der Waals surface area (Å²) < 4.78 is 41.3. The van der Waals surface area contributed by atoms with E-state index in [-0.39, 0.29) is 27.2 Å². The van der Waals surface area contributed by atoms with E-state index in [1.54, 1.807) is 18.3 Å². The van der Waals surface area contributed by atoms with Crippen molar-refractivity contribution in [3.8, 4) is 11.3 Å². The molecule has 0 bridgehead atoms. The Morgan fingerprint density at radius 3 is 2.68 bits per heavy atom. The Balaban J connectivity index is 1.56. The molecular formula is C27H25ClF2N4O3. The monoisotopic (exact) mass is 526 g/mol. The number of morpholine rings is 1. The minimum atomic E-state index is -1.13. The van der Waals surface area contributed by atoms with Crippen LogP contribution < -0.4 is 4.90 Å². The van der Waals surface area contributed by atoms with Crippen molar-refractivity contribution in [3.63, 3.8) is 0 Å². The number of allylic oxidation sites excluding steroid dienone is 1. The number of anilines is 1. The first-order valence-electron chi connectivity index (χ1n) is 11.8. The molecule has 3 heterocycles. The quantitative estimate of drug-likeness (QED) is 0.460. The largest absolute Gasteiger partial charge is 0.484 e. The number of aliphatic hydroxyl groups is 1. The maximum atomic E-state index is 15.5. The highest BCUT2D eigenvalue weighted by molar-refractivity contribution is 6.31. The van der Waals surface area contributed by atoms with Crippen molar-refractivity contribution in [1.29, 1.82) is 0 Å². The highest BCUT2D eigenvalue weighted by atomic mass is 35.5. The van der Waals surface area contributed by atoms with Crippen LogP contribution in [-0.2, 0) is 9.47 Å². The molecule has 37 heavy (non-hydrogen) atoms. The van der Waals surface area contributed by atoms with Gasteiger partial charge in [-0.1, -0.05) is 23.8 Å². The van der Waals surface area contributed by atoms with Crippen molar-refractivity contribution in [2.45, 2.75) is 18.9 Å². The molecule has 2 aromatic carbocycles. The molecule has 0 radical (unpaired) electrons. The van der Waals surface area contributed by atoms with Crippen LogP contribution in [0.2, 0.25) is 5.02 Å². The van der Waals surface area contributed by atoms with E-state index in [0.717, 1.165) is 6.07 Å². The van der Waals surface area contributed by atoms with Gasteiger partial charge in [0, 0.05) is 47.5 Å². The van der Waals surface area contributed by atoms with Crippen molar-refractivity contribution < 1.29 is 23.4 Å². The molecule has 2 aliphatic heterocycles. The molecule has 2 aliphatic rings. The van der Waals surface area contributed by atoms with Crippen molar-refractivity contribution in [2.75, 3.05) is 38.3 Å². The number of aromatic nitrogens is 2. The molecule has 1 saturated heterocycles. The van der Waals surface area contributed by atoms with E-state index in [2.05, 4.69) is 15.0 Å². The maximum Gasteiger partial charge on any atom is 0.191 e. The van der Waals surface area contributed by atoms with Crippen molar-refractivity contribution in [1.82, 2.24) is 9.97 Å². The number of methoxy groups -OCH3 is 1. The van der Waals surface area contributed by atoms with Crippen LogP contribution in [-0.4, -0.2) is 54.4 Å². The predicted octanol–water partition coefficient (Wildman–Crippen LogP) is 5.38. The summed E-state index contributed by atoms with van der Waals surface area (Å²) in [7, 11) is 1.52. The predicted molar refractivity (Wildman–Crippen MR) is 139 cm³/mol. The summed E-state index contributed by atoms with van der Waals surface area (Å²) in [6.07, 6.45) is 6.15. The fraction of sp³-hybridized carbons (Fsp3) is 0.296. The smallest absolute Gasteiger partial charge is 0.191 e. The van der Waals surface area contributed by atoms with E-state index in [1.165, 1.54) is 25.6 Å². The van der Waals surface area contributed by atoms with E-state index in [1.807, 2.05) is 11.0 Å². The molecule has 1 fully saturated rings. The van der Waals surface area contributed by atoms with Crippen molar-refractivity contribution in [3.05, 3.63) is 76.7 Å². The van der Waals surface area contributed by atoms with Crippen LogP contribution in [0.5, 0.6) is 0 Å². The van der Waals surface area contributed by atoms with Crippen LogP contribution in [0.25, 0.3) is 22.2 Å². The fourth-order valence-electron chi connectivity index (χ4n) is 4.53. The molecule has 3 aromatic rings. The lowest BCUT2D eigenvalue weighted by atomic mass is 9.94. The van der Waals surface area contributed by atoms with Gasteiger partial charge >= 0.3 is 0 Å². The Morgan fingerprint density at radius 1 is 1.08 bits per heavy atom. The Hall–Kier alpha value is -3.40. The molecule has 7 nitrogen and oxygen atoms in total. The zero-order chi connectivity index (χ0) is 25.9. The normalized spacial score (nSPS) is 19.4. The van der Waals surface area contributed by atoms with Crippen molar-refractivity contribution in [2.24, 2.45) is 4.99 Å². The summed E-state index contributed by atoms with van der Waals surface area (Å²) in [4.78, 5) is 14.7. The Morgan fingerprint density at radius 2 is 1.89 bits per heavy atom. The molecule has 1 N–H and O–H groups in total. The van der Waals surface area contributed by atoms with E-state index in [0.29, 0.717) is 61.8 Å². The molecule has 1 unspecified atom stereocenters. The van der Waals surface area contributed by atoms with Crippen LogP contribution in [0.4, 0.5) is 14.5 Å². The summed E-state index contributed by atoms with van der Waals surface area (Å²) in [6.45, 7) is 2.39. The standard InChI is InChI=1S/C27H25ClF2N4O3/c1-36-24-5-4-16(3-2-6-31-24)27(35)18-13-19(21(29)14-20(18)28)26-25-22(30)11-17(12-23(25)32-15-33-26)34-7-9-37-10-8-34/h2,4,6,11-15,27,35H,3,5,7-10H2,1H3/b6-2+,16-4+,31-24?. The number of ether oxygens (including phenoxy) is 2. The van der Waals surface area contributed by atoms with E-state index in [4.69, 9.17) is 21.1 Å². The molecule has 192 valence electrons. The third-order valence-electron chi connectivity index (χ3n) is 6.49. The van der Waals surface area contributed by atoms with E-state index < -0.39 is 17.7 Å². The Kier molecular flexibility index (Phi) is 7.45. The minimum absolute atomic E-state index is 0.0185. The Bertz CT molecular complexity index is 1420. The van der Waals surface area contributed by atoms with Gasteiger partial charge in [0.25, 0.3) is 0 Å². The third-order valence-corrected chi connectivity index (χ3v) is 6.82. The van der Waals surface area contributed by atoms with E-state index >= 15 is 8.78 Å². The lowest BCUT2D eigenvalue weighted by Gasteiger charge is -2.29. The molecule has 0 amide bonds. The van der Waals surface area contributed by atoms with Gasteiger partial charge in [0.05, 0.1) is 36.9 Å². The average Bonchev–Trinajstić information content (AvgIpc) is 2.89. The first-order chi connectivity index (χ1) is 18.0. The van der Waals surface area contributed by atoms with Crippen LogP contribution in [0.3, 0.4) is 0 Å². The molecule has 10 heteroatoms. The van der Waals surface area contributed by atoms with Gasteiger partial charge < -0.3 is 19.5 Å². The second-order valence-electron chi connectivity index (χ2n) is 8.70. The second-order valence-corrected chi connectivity index (χ2v) is 9.11. The summed E-state index contributed by atoms with van der Waals surface area (Å²) >= 11 is 6.37. The first kappa shape index (κ1) is 25.3. The number of aliphatic imine (C=N–C) groups is 1. The van der Waals surface area contributed by atoms with Crippen LogP contribution >= 0.6 is 11.6 Å². The SMILES string of the molecule is COC1=N/C=C/C/C(C(O)c2cc(-c3ncnc4cc(N5CCOCC5)cc(F)c34)c(F)cc2Cl)=C\C1. The minimum Gasteiger partial charge on any atom is -0.484 e. The first-order valence-corrected chi connectivity index (χ1v) is 12.2. The summed E-state index contributed by atoms with van der Waals surface area (Å²) in [5.74, 6) is -0.755. The Labute approximate surface area is 217 Å². The molecule has 0 aliphatic carbocycles. The molecule has 5 rings (SSSR count). The lowest BCUT2D eigenvalue weighted by molar-refractivity contribution is 0.122. The number of hydrogen-bond acceptors (Lipinski definition) is 7. The molecule has 1 aromatic heterocycles. The van der Waals surface area contributed by atoms with Gasteiger partial charge in [-0.3, -0.25) is 0 Å². The number of benzene rings is 2. The maximum absolute atomic E-state index is 15.5. The van der Waals surface area contributed by atoms with Gasteiger partial charge in [0.2, 0.25) is 0 Å². The fourth-order valence-corrected chi connectivity index (χ4v) is 4.78. The van der Waals surface area contributed by atoms with Gasteiger partial charge in [-0.15, -0.1) is 0 Å². The van der Waals surface area contributed by atoms with E-state index in [9.17, 15) is 5.11 Å². The van der Waals surface area contributed by atoms with Crippen LogP contribution in [0, 0.1) is 11.6 Å². The molecule has 1 atom stereocenters. The van der Waals surface area contributed by atoms with Gasteiger partial charge in [0.15, 0.2) is 5.90 Å². The summed E-state index contributed by atoms with van der Waals surface area (Å²) in [5, 5.41) is 11.3. The number of rotatable bonds is 4. The zero-order valence-electron chi connectivity index (χ0n) is 20.1. The number of fused-ring (bicyclic) bond motifs is 1. The summed E-state index contributed by atoms with van der Waals surface area (Å²) in [5.41, 5.74) is 2.06. The van der Waals surface area contributed by atoms with Crippen LogP contribution in [0.15, 0.2) is 59.5 Å². The number of aliphatic hydroxyl groups excluding tert-OH is 1. The number of hydrogen-bond donors (Lipinski definition) is 1. The summed E-state index contributed by atoms with van der Waals surface area (Å²) in [6, 6.07) is 5.71. The third kappa shape index (κ3) is 5.20. The molecule has 0 spiro atoms.